The molecule has 0 spiro atoms. The average molecular weight is 404 g/mol. The topological polar surface area (TPSA) is 43.9 Å². The van der Waals surface area contributed by atoms with E-state index in [9.17, 15) is 9.59 Å². The lowest BCUT2D eigenvalue weighted by Crippen LogP contribution is -2.34. The number of anilines is 2. The highest BCUT2D eigenvalue weighted by atomic mass is 16.2. The number of likely N-dealkylation sites (tertiary alicyclic amines) is 1. The number of hydrogen-bond donors (Lipinski definition) is 0. The van der Waals surface area contributed by atoms with Gasteiger partial charge in [0, 0.05) is 31.9 Å². The lowest BCUT2D eigenvalue weighted by molar-refractivity contribution is -0.120. The molecule has 5 heteroatoms. The van der Waals surface area contributed by atoms with Crippen molar-refractivity contribution >= 4 is 28.8 Å². The van der Waals surface area contributed by atoms with Gasteiger partial charge >= 0.3 is 0 Å². The fourth-order valence-corrected chi connectivity index (χ4v) is 4.37. The van der Waals surface area contributed by atoms with Crippen LogP contribution in [0.2, 0.25) is 0 Å². The molecule has 0 bridgehead atoms. The van der Waals surface area contributed by atoms with Gasteiger partial charge in [-0.15, -0.1) is 0 Å². The highest BCUT2D eigenvalue weighted by molar-refractivity contribution is 6.45. The Hall–Kier alpha value is -3.08. The van der Waals surface area contributed by atoms with Crippen molar-refractivity contribution in [2.75, 3.05) is 36.0 Å². The van der Waals surface area contributed by atoms with Crippen LogP contribution >= 0.6 is 0 Å². The van der Waals surface area contributed by atoms with Gasteiger partial charge in [0.25, 0.3) is 11.8 Å². The highest BCUT2D eigenvalue weighted by Gasteiger charge is 2.42. The first kappa shape index (κ1) is 20.2. The van der Waals surface area contributed by atoms with E-state index in [1.807, 2.05) is 55.5 Å². The number of nitrogens with zero attached hydrogens (tertiary/aromatic N) is 3. The maximum Gasteiger partial charge on any atom is 0.282 e. The molecular weight excluding hydrogens is 374 g/mol. The van der Waals surface area contributed by atoms with E-state index < -0.39 is 0 Å². The van der Waals surface area contributed by atoms with Crippen molar-refractivity contribution in [3.05, 3.63) is 65.4 Å². The molecule has 2 aliphatic heterocycles. The van der Waals surface area contributed by atoms with E-state index in [1.54, 1.807) is 0 Å². The Morgan fingerprint density at radius 1 is 0.833 bits per heavy atom. The van der Waals surface area contributed by atoms with E-state index in [4.69, 9.17) is 0 Å². The van der Waals surface area contributed by atoms with Crippen LogP contribution in [0.15, 0.2) is 54.2 Å². The van der Waals surface area contributed by atoms with Crippen molar-refractivity contribution in [3.8, 4) is 0 Å². The molecule has 0 atom stereocenters. The molecule has 0 N–H and O–H groups in total. The molecule has 2 aromatic carbocycles. The summed E-state index contributed by atoms with van der Waals surface area (Å²) in [6, 6.07) is 15.6. The van der Waals surface area contributed by atoms with Crippen LogP contribution in [0.3, 0.4) is 0 Å². The predicted molar refractivity (Wildman–Crippen MR) is 121 cm³/mol. The summed E-state index contributed by atoms with van der Waals surface area (Å²) in [4.78, 5) is 32.7. The van der Waals surface area contributed by atoms with Gasteiger partial charge in [0.2, 0.25) is 0 Å². The SMILES string of the molecule is CCN(CC)c1ccc(N2C(=O)C(c3ccc(C)cc3)=C(N3CCCC3)C2=O)cc1. The lowest BCUT2D eigenvalue weighted by Gasteiger charge is -2.23. The lowest BCUT2D eigenvalue weighted by atomic mass is 10.0. The third-order valence-electron chi connectivity index (χ3n) is 6.06. The van der Waals surface area contributed by atoms with Crippen molar-refractivity contribution in [2.24, 2.45) is 0 Å². The van der Waals surface area contributed by atoms with Crippen LogP contribution in [0.5, 0.6) is 0 Å². The first-order valence-corrected chi connectivity index (χ1v) is 10.8. The molecule has 0 radical (unpaired) electrons. The summed E-state index contributed by atoms with van der Waals surface area (Å²) in [5.41, 5.74) is 4.73. The Morgan fingerprint density at radius 3 is 2.00 bits per heavy atom. The summed E-state index contributed by atoms with van der Waals surface area (Å²) in [5.74, 6) is -0.450. The van der Waals surface area contributed by atoms with E-state index in [0.29, 0.717) is 17.0 Å². The smallest absolute Gasteiger partial charge is 0.282 e. The minimum absolute atomic E-state index is 0.215. The fourth-order valence-electron chi connectivity index (χ4n) is 4.37. The number of hydrogen-bond acceptors (Lipinski definition) is 4. The van der Waals surface area contributed by atoms with Crippen molar-refractivity contribution < 1.29 is 9.59 Å². The third kappa shape index (κ3) is 3.49. The van der Waals surface area contributed by atoms with Crippen molar-refractivity contribution in [2.45, 2.75) is 33.6 Å². The first-order valence-electron chi connectivity index (χ1n) is 10.8. The second-order valence-corrected chi connectivity index (χ2v) is 7.92. The van der Waals surface area contributed by atoms with Gasteiger partial charge in [0.1, 0.15) is 5.70 Å². The Kier molecular flexibility index (Phi) is 5.62. The van der Waals surface area contributed by atoms with Crippen LogP contribution in [-0.2, 0) is 9.59 Å². The maximum absolute atomic E-state index is 13.5. The molecule has 2 aliphatic rings. The van der Waals surface area contributed by atoms with E-state index in [2.05, 4.69) is 23.6 Å². The number of aryl methyl sites for hydroxylation is 1. The van der Waals surface area contributed by atoms with E-state index >= 15 is 0 Å². The molecule has 4 rings (SSSR count). The molecule has 156 valence electrons. The van der Waals surface area contributed by atoms with Gasteiger partial charge in [0.15, 0.2) is 0 Å². The third-order valence-corrected chi connectivity index (χ3v) is 6.06. The molecule has 0 aliphatic carbocycles. The van der Waals surface area contributed by atoms with E-state index in [0.717, 1.165) is 55.8 Å². The molecule has 1 saturated heterocycles. The minimum Gasteiger partial charge on any atom is -0.372 e. The predicted octanol–water partition coefficient (Wildman–Crippen LogP) is 4.22. The summed E-state index contributed by atoms with van der Waals surface area (Å²) in [5, 5.41) is 0. The quantitative estimate of drug-likeness (QED) is 0.678. The van der Waals surface area contributed by atoms with Crippen LogP contribution in [0.4, 0.5) is 11.4 Å². The van der Waals surface area contributed by atoms with Crippen molar-refractivity contribution in [3.63, 3.8) is 0 Å². The van der Waals surface area contributed by atoms with Crippen LogP contribution in [-0.4, -0.2) is 42.9 Å². The second-order valence-electron chi connectivity index (χ2n) is 7.92. The maximum atomic E-state index is 13.5. The number of imide groups is 1. The molecule has 30 heavy (non-hydrogen) atoms. The number of carbonyl (C=O) groups excluding carboxylic acids is 2. The Bertz CT molecular complexity index is 966. The van der Waals surface area contributed by atoms with Gasteiger partial charge in [-0.1, -0.05) is 29.8 Å². The summed E-state index contributed by atoms with van der Waals surface area (Å²) in [6.45, 7) is 9.71. The summed E-state index contributed by atoms with van der Waals surface area (Å²) in [7, 11) is 0. The largest absolute Gasteiger partial charge is 0.372 e. The van der Waals surface area contributed by atoms with Crippen LogP contribution in [0.25, 0.3) is 5.57 Å². The molecule has 2 aromatic rings. The van der Waals surface area contributed by atoms with Gasteiger partial charge in [-0.3, -0.25) is 9.59 Å². The zero-order chi connectivity index (χ0) is 21.3. The van der Waals surface area contributed by atoms with Crippen LogP contribution in [0.1, 0.15) is 37.8 Å². The molecule has 0 saturated carbocycles. The van der Waals surface area contributed by atoms with Gasteiger partial charge < -0.3 is 9.80 Å². The van der Waals surface area contributed by atoms with Crippen molar-refractivity contribution in [1.29, 1.82) is 0 Å². The monoisotopic (exact) mass is 403 g/mol. The van der Waals surface area contributed by atoms with Crippen molar-refractivity contribution in [1.82, 2.24) is 4.90 Å². The van der Waals surface area contributed by atoms with E-state index in [-0.39, 0.29) is 11.8 Å². The summed E-state index contributed by atoms with van der Waals surface area (Å²) < 4.78 is 0. The number of carbonyl (C=O) groups is 2. The molecular formula is C25H29N3O2. The molecule has 5 nitrogen and oxygen atoms in total. The van der Waals surface area contributed by atoms with Gasteiger partial charge in [-0.05, 0) is 63.4 Å². The van der Waals surface area contributed by atoms with Crippen LogP contribution < -0.4 is 9.80 Å². The molecule has 2 heterocycles. The van der Waals surface area contributed by atoms with Crippen LogP contribution in [0, 0.1) is 6.92 Å². The zero-order valence-corrected chi connectivity index (χ0v) is 18.0. The standard InChI is InChI=1S/C25H29N3O2/c1-4-26(5-2)20-12-14-21(15-13-20)28-24(29)22(19-10-8-18(3)9-11-19)23(25(28)30)27-16-6-7-17-27/h8-15H,4-7,16-17H2,1-3H3. The molecule has 0 aromatic heterocycles. The number of amides is 2. The highest BCUT2D eigenvalue weighted by Crippen LogP contribution is 2.36. The average Bonchev–Trinajstić information content (AvgIpc) is 3.36. The fraction of sp³-hybridized carbons (Fsp3) is 0.360. The van der Waals surface area contributed by atoms with Gasteiger partial charge in [0.05, 0.1) is 11.3 Å². The Labute approximate surface area is 178 Å². The minimum atomic E-state index is -0.235. The molecule has 2 amide bonds. The summed E-state index contributed by atoms with van der Waals surface area (Å²) >= 11 is 0. The Morgan fingerprint density at radius 2 is 1.43 bits per heavy atom. The zero-order valence-electron chi connectivity index (χ0n) is 18.0. The summed E-state index contributed by atoms with van der Waals surface area (Å²) in [6.07, 6.45) is 2.09. The van der Waals surface area contributed by atoms with E-state index in [1.165, 1.54) is 4.90 Å². The van der Waals surface area contributed by atoms with Gasteiger partial charge in [-0.2, -0.15) is 0 Å². The number of rotatable bonds is 6. The first-order chi connectivity index (χ1) is 14.5. The molecule has 1 fully saturated rings. The second kappa shape index (κ2) is 8.34. The van der Waals surface area contributed by atoms with Gasteiger partial charge in [-0.25, -0.2) is 4.90 Å². The number of benzene rings is 2. The molecule has 0 unspecified atom stereocenters. The Balaban J connectivity index is 1.73. The normalized spacial score (nSPS) is 16.8.